The molecule has 1 N–H and O–H groups in total. The van der Waals surface area contributed by atoms with E-state index in [0.717, 1.165) is 10.4 Å². The van der Waals surface area contributed by atoms with E-state index in [-0.39, 0.29) is 6.54 Å². The molecule has 0 aliphatic rings. The van der Waals surface area contributed by atoms with Crippen molar-refractivity contribution >= 4 is 11.6 Å². The molecule has 4 aromatic rings. The number of ether oxygens (including phenoxy) is 2. The molecule has 0 saturated carbocycles. The Kier molecular flexibility index (Phi) is 5.88. The molecule has 2 aromatic heterocycles. The number of amides is 1. The summed E-state index contributed by atoms with van der Waals surface area (Å²) in [5.41, 5.74) is 2.01. The molecule has 11 nitrogen and oxygen atoms in total. The molecule has 4 rings (SSSR count). The Balaban J connectivity index is 1.52. The molecule has 2 heterocycles. The molecule has 162 valence electrons. The summed E-state index contributed by atoms with van der Waals surface area (Å²) in [4.78, 5) is 24.8. The van der Waals surface area contributed by atoms with Crippen LogP contribution >= 0.6 is 0 Å². The van der Waals surface area contributed by atoms with Crippen LogP contribution in [0.1, 0.15) is 0 Å². The Labute approximate surface area is 182 Å². The van der Waals surface area contributed by atoms with Crippen molar-refractivity contribution < 1.29 is 14.3 Å². The molecular formula is C21H19N7O4. The van der Waals surface area contributed by atoms with Crippen molar-refractivity contribution in [2.45, 2.75) is 6.54 Å². The third-order valence-corrected chi connectivity index (χ3v) is 4.61. The largest absolute Gasteiger partial charge is 0.497 e. The number of methoxy groups -OCH3 is 2. The van der Waals surface area contributed by atoms with E-state index in [9.17, 15) is 9.59 Å². The van der Waals surface area contributed by atoms with Crippen molar-refractivity contribution in [3.05, 3.63) is 71.3 Å². The van der Waals surface area contributed by atoms with Crippen LogP contribution in [0.5, 0.6) is 11.5 Å². The van der Waals surface area contributed by atoms with E-state index in [0.29, 0.717) is 28.4 Å². The SMILES string of the molecule is COc1ccc(OC)c(-c2ccc(=O)n(CC(=O)Nc3ccc(-n4cnnn4)cc3)n2)c1. The molecule has 0 unspecified atom stereocenters. The van der Waals surface area contributed by atoms with E-state index in [2.05, 4.69) is 25.9 Å². The fourth-order valence-corrected chi connectivity index (χ4v) is 3.03. The topological polar surface area (TPSA) is 126 Å². The Morgan fingerprint density at radius 1 is 1.03 bits per heavy atom. The lowest BCUT2D eigenvalue weighted by molar-refractivity contribution is -0.117. The molecule has 0 atom stereocenters. The van der Waals surface area contributed by atoms with Crippen molar-refractivity contribution in [1.82, 2.24) is 30.0 Å². The molecule has 2 aromatic carbocycles. The molecule has 0 radical (unpaired) electrons. The number of hydrogen-bond donors (Lipinski definition) is 1. The van der Waals surface area contributed by atoms with E-state index in [4.69, 9.17) is 9.47 Å². The zero-order chi connectivity index (χ0) is 22.5. The summed E-state index contributed by atoms with van der Waals surface area (Å²) in [6, 6.07) is 15.1. The number of rotatable bonds is 7. The van der Waals surface area contributed by atoms with Crippen molar-refractivity contribution in [3.8, 4) is 28.4 Å². The number of carbonyl (C=O) groups is 1. The third kappa shape index (κ3) is 4.46. The second kappa shape index (κ2) is 9.08. The number of carbonyl (C=O) groups excluding carboxylic acids is 1. The third-order valence-electron chi connectivity index (χ3n) is 4.61. The van der Waals surface area contributed by atoms with Gasteiger partial charge in [-0.1, -0.05) is 0 Å². The van der Waals surface area contributed by atoms with Crippen LogP contribution in [-0.2, 0) is 11.3 Å². The highest BCUT2D eigenvalue weighted by atomic mass is 16.5. The second-order valence-electron chi connectivity index (χ2n) is 6.63. The van der Waals surface area contributed by atoms with Crippen molar-refractivity contribution in [1.29, 1.82) is 0 Å². The van der Waals surface area contributed by atoms with Crippen molar-refractivity contribution in [2.75, 3.05) is 19.5 Å². The summed E-state index contributed by atoms with van der Waals surface area (Å²) < 4.78 is 13.2. The van der Waals surface area contributed by atoms with Gasteiger partial charge in [0.2, 0.25) is 5.91 Å². The van der Waals surface area contributed by atoms with Gasteiger partial charge < -0.3 is 14.8 Å². The number of tetrazole rings is 1. The van der Waals surface area contributed by atoms with Gasteiger partial charge in [-0.25, -0.2) is 9.36 Å². The van der Waals surface area contributed by atoms with Gasteiger partial charge in [0.05, 0.1) is 25.6 Å². The van der Waals surface area contributed by atoms with Gasteiger partial charge in [0.15, 0.2) is 0 Å². The standard InChI is InChI=1S/C21H19N7O4/c1-31-16-7-9-19(32-2)17(11-16)18-8-10-21(30)27(24-18)12-20(29)23-14-3-5-15(6-4-14)28-13-22-25-26-28/h3-11,13H,12H2,1-2H3,(H,23,29). The molecule has 11 heteroatoms. The maximum atomic E-state index is 12.5. The summed E-state index contributed by atoms with van der Waals surface area (Å²) >= 11 is 0. The number of nitrogens with zero attached hydrogens (tertiary/aromatic N) is 6. The van der Waals surface area contributed by atoms with E-state index in [1.807, 2.05) is 0 Å². The van der Waals surface area contributed by atoms with Gasteiger partial charge in [0.25, 0.3) is 5.56 Å². The first-order valence-electron chi connectivity index (χ1n) is 9.51. The normalized spacial score (nSPS) is 10.6. The number of anilines is 1. The fraction of sp³-hybridized carbons (Fsp3) is 0.143. The molecule has 0 aliphatic carbocycles. The summed E-state index contributed by atoms with van der Waals surface area (Å²) in [5.74, 6) is 0.781. The molecule has 0 spiro atoms. The minimum atomic E-state index is -0.403. The predicted molar refractivity (Wildman–Crippen MR) is 115 cm³/mol. The minimum absolute atomic E-state index is 0.256. The zero-order valence-electron chi connectivity index (χ0n) is 17.3. The van der Waals surface area contributed by atoms with Crippen LogP contribution in [0.4, 0.5) is 5.69 Å². The lowest BCUT2D eigenvalue weighted by Gasteiger charge is -2.12. The average molecular weight is 433 g/mol. The summed E-state index contributed by atoms with van der Waals surface area (Å²) in [7, 11) is 3.10. The average Bonchev–Trinajstić information content (AvgIpc) is 3.35. The molecule has 0 aliphatic heterocycles. The fourth-order valence-electron chi connectivity index (χ4n) is 3.03. The van der Waals surface area contributed by atoms with Crippen LogP contribution in [0, 0.1) is 0 Å². The second-order valence-corrected chi connectivity index (χ2v) is 6.63. The first kappa shape index (κ1) is 20.7. The zero-order valence-corrected chi connectivity index (χ0v) is 17.3. The molecule has 1 amide bonds. The molecular weight excluding hydrogens is 414 g/mol. The number of nitrogens with one attached hydrogen (secondary N) is 1. The highest BCUT2D eigenvalue weighted by Gasteiger charge is 2.13. The monoisotopic (exact) mass is 433 g/mol. The van der Waals surface area contributed by atoms with Gasteiger partial charge in [0, 0.05) is 17.3 Å². The van der Waals surface area contributed by atoms with Gasteiger partial charge in [-0.3, -0.25) is 9.59 Å². The Morgan fingerprint density at radius 3 is 2.53 bits per heavy atom. The van der Waals surface area contributed by atoms with Gasteiger partial charge in [0.1, 0.15) is 24.4 Å². The van der Waals surface area contributed by atoms with Gasteiger partial charge in [-0.2, -0.15) is 5.10 Å². The van der Waals surface area contributed by atoms with Gasteiger partial charge >= 0.3 is 0 Å². The van der Waals surface area contributed by atoms with Crippen LogP contribution in [0.2, 0.25) is 0 Å². The van der Waals surface area contributed by atoms with E-state index >= 15 is 0 Å². The highest BCUT2D eigenvalue weighted by molar-refractivity contribution is 5.90. The molecule has 0 bridgehead atoms. The van der Waals surface area contributed by atoms with Crippen molar-refractivity contribution in [3.63, 3.8) is 0 Å². The summed E-state index contributed by atoms with van der Waals surface area (Å²) in [6.07, 6.45) is 1.47. The van der Waals surface area contributed by atoms with Crippen LogP contribution < -0.4 is 20.3 Å². The molecule has 0 fully saturated rings. The highest BCUT2D eigenvalue weighted by Crippen LogP contribution is 2.31. The Hall–Kier alpha value is -4.54. The van der Waals surface area contributed by atoms with Gasteiger partial charge in [-0.15, -0.1) is 5.10 Å². The van der Waals surface area contributed by atoms with Crippen LogP contribution in [0.15, 0.2) is 65.7 Å². The number of aromatic nitrogens is 6. The quantitative estimate of drug-likeness (QED) is 0.465. The van der Waals surface area contributed by atoms with Crippen LogP contribution in [0.3, 0.4) is 0 Å². The lowest BCUT2D eigenvalue weighted by atomic mass is 10.1. The first-order chi connectivity index (χ1) is 15.6. The van der Waals surface area contributed by atoms with Crippen LogP contribution in [-0.4, -0.2) is 50.1 Å². The minimum Gasteiger partial charge on any atom is -0.497 e. The number of benzene rings is 2. The van der Waals surface area contributed by atoms with Crippen molar-refractivity contribution in [2.24, 2.45) is 0 Å². The predicted octanol–water partition coefficient (Wildman–Crippen LogP) is 1.54. The summed E-state index contributed by atoms with van der Waals surface area (Å²) in [5, 5.41) is 18.1. The first-order valence-corrected chi connectivity index (χ1v) is 9.51. The van der Waals surface area contributed by atoms with Crippen LogP contribution in [0.25, 0.3) is 16.9 Å². The maximum absolute atomic E-state index is 12.5. The molecule has 0 saturated heterocycles. The Morgan fingerprint density at radius 2 is 1.84 bits per heavy atom. The van der Waals surface area contributed by atoms with E-state index in [1.54, 1.807) is 62.8 Å². The molecule has 32 heavy (non-hydrogen) atoms. The maximum Gasteiger partial charge on any atom is 0.267 e. The van der Waals surface area contributed by atoms with E-state index < -0.39 is 11.5 Å². The van der Waals surface area contributed by atoms with Gasteiger partial charge in [-0.05, 0) is 59.0 Å². The number of hydrogen-bond acceptors (Lipinski definition) is 8. The lowest BCUT2D eigenvalue weighted by Crippen LogP contribution is -2.29. The smallest absolute Gasteiger partial charge is 0.267 e. The summed E-state index contributed by atoms with van der Waals surface area (Å²) in [6.45, 7) is -0.256. The van der Waals surface area contributed by atoms with E-state index in [1.165, 1.54) is 17.1 Å². The Bertz CT molecular complexity index is 1280.